The Morgan fingerprint density at radius 3 is 2.45 bits per heavy atom. The van der Waals surface area contributed by atoms with Crippen LogP contribution in [0.4, 0.5) is 5.82 Å². The first kappa shape index (κ1) is 23.6. The molecule has 1 aliphatic carbocycles. The van der Waals surface area contributed by atoms with Crippen LogP contribution in [0.3, 0.4) is 0 Å². The molecule has 1 fully saturated rings. The third kappa shape index (κ3) is 3.91. The number of aromatic nitrogens is 2. The molecule has 0 bridgehead atoms. The molecule has 2 heterocycles. The molecule has 4 rings (SSSR count). The van der Waals surface area contributed by atoms with Gasteiger partial charge in [-0.05, 0) is 64.0 Å². The monoisotopic (exact) mass is 474 g/mol. The number of nitrogens with zero attached hydrogens (tertiary/aromatic N) is 2. The Kier molecular flexibility index (Phi) is 5.99. The van der Waals surface area contributed by atoms with Gasteiger partial charge in [0.1, 0.15) is 5.75 Å². The van der Waals surface area contributed by atoms with Crippen molar-refractivity contribution < 1.29 is 19.4 Å². The molecular weight excluding hydrogens is 440 g/mol. The molecule has 1 aromatic heterocycles. The number of hydrogen-bond acceptors (Lipinski definition) is 5. The van der Waals surface area contributed by atoms with Gasteiger partial charge in [-0.3, -0.25) is 14.7 Å². The lowest BCUT2D eigenvalue weighted by Crippen LogP contribution is -2.51. The van der Waals surface area contributed by atoms with Crippen molar-refractivity contribution in [2.45, 2.75) is 56.0 Å². The number of aliphatic hydroxyl groups excluding tert-OH is 1. The van der Waals surface area contributed by atoms with E-state index in [-0.39, 0.29) is 23.1 Å². The number of aromatic amines is 1. The van der Waals surface area contributed by atoms with Crippen LogP contribution < -0.4 is 10.1 Å². The van der Waals surface area contributed by atoms with Crippen LogP contribution in [0.5, 0.6) is 5.75 Å². The van der Waals surface area contributed by atoms with Gasteiger partial charge in [0.2, 0.25) is 5.91 Å². The van der Waals surface area contributed by atoms with Gasteiger partial charge in [-0.2, -0.15) is 5.10 Å². The number of carbonyl (C=O) groups is 2. The highest BCUT2D eigenvalue weighted by Gasteiger charge is 2.51. The molecule has 8 nitrogen and oxygen atoms in total. The van der Waals surface area contributed by atoms with E-state index in [1.807, 2.05) is 32.0 Å². The quantitative estimate of drug-likeness (QED) is 0.572. The normalized spacial score (nSPS) is 19.9. The number of fused-ring (bicyclic) bond motifs is 1. The van der Waals surface area contributed by atoms with Gasteiger partial charge in [0.25, 0.3) is 5.91 Å². The number of hydrogen-bond donors (Lipinski definition) is 3. The Morgan fingerprint density at radius 2 is 1.91 bits per heavy atom. The predicted molar refractivity (Wildman–Crippen MR) is 131 cm³/mol. The Morgan fingerprint density at radius 1 is 1.24 bits per heavy atom. The fraction of sp³-hybridized carbons (Fsp3) is 0.542. The summed E-state index contributed by atoms with van der Waals surface area (Å²) >= 11 is 0. The van der Waals surface area contributed by atoms with Crippen LogP contribution in [-0.4, -0.2) is 68.2 Å². The number of para-hydroxylation sites is 1. The number of carbonyl (C=O) groups excluding carboxylic acids is 2. The van der Waals surface area contributed by atoms with Crippen molar-refractivity contribution in [2.24, 2.45) is 0 Å². The molecule has 2 aromatic rings. The summed E-state index contributed by atoms with van der Waals surface area (Å²) in [6.45, 7) is 3.68. The second-order valence-corrected chi connectivity index (χ2v) is 14.6. The number of rotatable bonds is 7. The second-order valence-electron chi connectivity index (χ2n) is 10.2. The fourth-order valence-electron chi connectivity index (χ4n) is 4.81. The van der Waals surface area contributed by atoms with Crippen LogP contribution >= 0.6 is 10.0 Å². The van der Waals surface area contributed by atoms with Crippen molar-refractivity contribution in [3.63, 3.8) is 0 Å². The third-order valence-corrected chi connectivity index (χ3v) is 10.1. The van der Waals surface area contributed by atoms with E-state index in [1.165, 1.54) is 0 Å². The van der Waals surface area contributed by atoms with Gasteiger partial charge in [-0.15, -0.1) is 0 Å². The Bertz CT molecular complexity index is 1040. The van der Waals surface area contributed by atoms with Crippen molar-refractivity contribution in [2.75, 3.05) is 30.7 Å². The molecule has 2 amide bonds. The van der Waals surface area contributed by atoms with Crippen LogP contribution in [0, 0.1) is 0 Å². The minimum Gasteiger partial charge on any atom is -0.478 e. The molecule has 1 saturated carbocycles. The Hall–Kier alpha value is -2.52. The number of ether oxygens (including phenoxy) is 1. The average molecular weight is 475 g/mol. The molecule has 1 aliphatic heterocycles. The standard InChI is InChI=1S/C24H34N4O4S/c1-23(2)19-17(14-28(23)21(30)18(15-29)32-16-10-7-6-8-11-16)20(27-26-19)25-22(31)24(12-9-13-24)33(3,4)5/h6-8,10-11,18,29H,9,12-15H2,1-5H3,(H2,25,26,27,31). The number of H-pyrrole nitrogens is 1. The average Bonchev–Trinajstić information content (AvgIpc) is 3.22. The van der Waals surface area contributed by atoms with E-state index in [2.05, 4.69) is 34.3 Å². The van der Waals surface area contributed by atoms with Crippen molar-refractivity contribution in [1.29, 1.82) is 0 Å². The van der Waals surface area contributed by atoms with Crippen molar-refractivity contribution >= 4 is 27.7 Å². The van der Waals surface area contributed by atoms with Gasteiger partial charge in [0, 0.05) is 5.56 Å². The van der Waals surface area contributed by atoms with Crippen molar-refractivity contribution in [3.8, 4) is 5.75 Å². The van der Waals surface area contributed by atoms with Gasteiger partial charge in [-0.25, -0.2) is 10.0 Å². The third-order valence-electron chi connectivity index (χ3n) is 7.18. The summed E-state index contributed by atoms with van der Waals surface area (Å²) in [5.74, 6) is 0.708. The van der Waals surface area contributed by atoms with Crippen molar-refractivity contribution in [1.82, 2.24) is 15.1 Å². The molecule has 33 heavy (non-hydrogen) atoms. The number of anilines is 1. The molecule has 1 atom stereocenters. The molecule has 1 unspecified atom stereocenters. The van der Waals surface area contributed by atoms with Crippen LogP contribution in [-0.2, 0) is 21.7 Å². The molecule has 3 N–H and O–H groups in total. The maximum atomic E-state index is 13.4. The Balaban J connectivity index is 1.54. The molecule has 0 saturated heterocycles. The molecule has 180 valence electrons. The van der Waals surface area contributed by atoms with Gasteiger partial charge in [-0.1, -0.05) is 18.2 Å². The highest BCUT2D eigenvalue weighted by Crippen LogP contribution is 2.60. The molecule has 2 aliphatic rings. The van der Waals surface area contributed by atoms with E-state index in [1.54, 1.807) is 17.0 Å². The summed E-state index contributed by atoms with van der Waals surface area (Å²) in [5, 5.41) is 20.4. The lowest BCUT2D eigenvalue weighted by Gasteiger charge is -2.53. The molecular formula is C24H34N4O4S. The summed E-state index contributed by atoms with van der Waals surface area (Å²) < 4.78 is 5.45. The lowest BCUT2D eigenvalue weighted by atomic mass is 9.83. The molecule has 0 spiro atoms. The highest BCUT2D eigenvalue weighted by molar-refractivity contribution is 8.33. The number of aliphatic hydroxyl groups is 1. The molecule has 0 radical (unpaired) electrons. The number of nitrogens with one attached hydrogen (secondary N) is 2. The zero-order valence-corrected chi connectivity index (χ0v) is 20.8. The van der Waals surface area contributed by atoms with Gasteiger partial charge in [0.15, 0.2) is 11.9 Å². The van der Waals surface area contributed by atoms with E-state index >= 15 is 0 Å². The molecule has 9 heteroatoms. The topological polar surface area (TPSA) is 108 Å². The Labute approximate surface area is 196 Å². The van der Waals surface area contributed by atoms with E-state index < -0.39 is 28.3 Å². The van der Waals surface area contributed by atoms with Crippen LogP contribution in [0.1, 0.15) is 44.4 Å². The SMILES string of the molecule is CC1(C)c2[nH]nc(NC(=O)C3(S(C)(C)C)CCC3)c2CN1C(=O)C(CO)Oc1ccccc1. The first-order chi connectivity index (χ1) is 15.5. The lowest BCUT2D eigenvalue weighted by molar-refractivity contribution is -0.146. The van der Waals surface area contributed by atoms with Crippen LogP contribution in [0.2, 0.25) is 0 Å². The van der Waals surface area contributed by atoms with Crippen molar-refractivity contribution in [3.05, 3.63) is 41.6 Å². The fourth-order valence-corrected chi connectivity index (χ4v) is 6.93. The van der Waals surface area contributed by atoms with Gasteiger partial charge < -0.3 is 20.1 Å². The molecule has 1 aromatic carbocycles. The van der Waals surface area contributed by atoms with E-state index in [9.17, 15) is 14.7 Å². The minimum atomic E-state index is -1.09. The second kappa shape index (κ2) is 8.36. The first-order valence-corrected chi connectivity index (χ1v) is 14.1. The summed E-state index contributed by atoms with van der Waals surface area (Å²) in [5.41, 5.74) is 0.893. The zero-order chi connectivity index (χ0) is 24.0. The van der Waals surface area contributed by atoms with Gasteiger partial charge in [0.05, 0.1) is 29.1 Å². The van der Waals surface area contributed by atoms with E-state index in [0.29, 0.717) is 11.6 Å². The largest absolute Gasteiger partial charge is 0.478 e. The summed E-state index contributed by atoms with van der Waals surface area (Å²) in [6.07, 6.45) is 8.40. The summed E-state index contributed by atoms with van der Waals surface area (Å²) in [4.78, 5) is 28.4. The first-order valence-electron chi connectivity index (χ1n) is 11.2. The van der Waals surface area contributed by atoms with Crippen LogP contribution in [0.25, 0.3) is 0 Å². The maximum Gasteiger partial charge on any atom is 0.267 e. The zero-order valence-electron chi connectivity index (χ0n) is 20.0. The number of amides is 2. The highest BCUT2D eigenvalue weighted by atomic mass is 32.3. The van der Waals surface area contributed by atoms with Gasteiger partial charge >= 0.3 is 0 Å². The smallest absolute Gasteiger partial charge is 0.267 e. The summed E-state index contributed by atoms with van der Waals surface area (Å²) in [6, 6.07) is 8.98. The minimum absolute atomic E-state index is 0.0220. The van der Waals surface area contributed by atoms with Crippen LogP contribution in [0.15, 0.2) is 30.3 Å². The number of benzene rings is 1. The summed E-state index contributed by atoms with van der Waals surface area (Å²) in [7, 11) is -1.09. The van der Waals surface area contributed by atoms with E-state index in [4.69, 9.17) is 4.74 Å². The predicted octanol–water partition coefficient (Wildman–Crippen LogP) is 2.98. The van der Waals surface area contributed by atoms with E-state index in [0.717, 1.165) is 30.5 Å². The maximum absolute atomic E-state index is 13.4.